The fraction of sp³-hybridized carbons (Fsp3) is 0.385. The van der Waals surface area contributed by atoms with E-state index in [1.807, 2.05) is 4.90 Å². The number of rotatable bonds is 2. The molecular weight excluding hydrogens is 264 g/mol. The minimum absolute atomic E-state index is 0.216. The summed E-state index contributed by atoms with van der Waals surface area (Å²) in [6.07, 6.45) is 0. The summed E-state index contributed by atoms with van der Waals surface area (Å²) in [5.41, 5.74) is 0.216. The molecule has 2 N–H and O–H groups in total. The van der Waals surface area contributed by atoms with Crippen LogP contribution in [0.15, 0.2) is 18.2 Å². The lowest BCUT2D eigenvalue weighted by atomic mass is 10.2. The van der Waals surface area contributed by atoms with E-state index in [1.54, 1.807) is 0 Å². The Hall–Kier alpha value is -2.02. The number of anilines is 1. The van der Waals surface area contributed by atoms with Crippen molar-refractivity contribution in [3.63, 3.8) is 0 Å². The van der Waals surface area contributed by atoms with Gasteiger partial charge < -0.3 is 10.2 Å². The molecule has 0 spiro atoms. The van der Waals surface area contributed by atoms with E-state index in [2.05, 4.69) is 27.4 Å². The molecule has 1 aromatic carbocycles. The summed E-state index contributed by atoms with van der Waals surface area (Å²) in [6.45, 7) is 4.53. The zero-order chi connectivity index (χ0) is 14.1. The summed E-state index contributed by atoms with van der Waals surface area (Å²) in [7, 11) is 0. The molecule has 1 aliphatic heterocycles. The number of nitrogens with one attached hydrogen (secondary N) is 2. The lowest BCUT2D eigenvalue weighted by Gasteiger charge is -2.30. The minimum Gasteiger partial charge on any atom is -0.337 e. The van der Waals surface area contributed by atoms with Crippen LogP contribution >= 0.6 is 0 Å². The quantitative estimate of drug-likeness (QED) is 0.875. The summed E-state index contributed by atoms with van der Waals surface area (Å²) >= 11 is 0. The van der Waals surface area contributed by atoms with Crippen molar-refractivity contribution in [3.8, 4) is 11.4 Å². The first kappa shape index (κ1) is 13.0. The van der Waals surface area contributed by atoms with Gasteiger partial charge in [-0.2, -0.15) is 4.98 Å². The molecule has 0 radical (unpaired) electrons. The molecule has 7 heteroatoms. The second kappa shape index (κ2) is 5.16. The zero-order valence-corrected chi connectivity index (χ0v) is 11.0. The second-order valence-corrected chi connectivity index (χ2v) is 4.91. The normalized spacial score (nSPS) is 19.4. The van der Waals surface area contributed by atoms with Crippen LogP contribution in [0.1, 0.15) is 6.92 Å². The van der Waals surface area contributed by atoms with Gasteiger partial charge in [0.2, 0.25) is 5.95 Å². The van der Waals surface area contributed by atoms with Gasteiger partial charge in [0.1, 0.15) is 11.6 Å². The van der Waals surface area contributed by atoms with Gasteiger partial charge in [-0.05, 0) is 19.1 Å². The SMILES string of the molecule is C[C@@H]1CN(c2n[nH]c(-c3ccc(F)cc3F)n2)CCN1. The van der Waals surface area contributed by atoms with Crippen LogP contribution in [-0.2, 0) is 0 Å². The number of hydrogen-bond donors (Lipinski definition) is 2. The summed E-state index contributed by atoms with van der Waals surface area (Å²) < 4.78 is 26.6. The first-order valence-corrected chi connectivity index (χ1v) is 6.49. The van der Waals surface area contributed by atoms with E-state index in [-0.39, 0.29) is 5.56 Å². The highest BCUT2D eigenvalue weighted by molar-refractivity contribution is 5.57. The van der Waals surface area contributed by atoms with Gasteiger partial charge >= 0.3 is 0 Å². The number of H-pyrrole nitrogens is 1. The number of hydrogen-bond acceptors (Lipinski definition) is 4. The van der Waals surface area contributed by atoms with Gasteiger partial charge in [-0.15, -0.1) is 5.10 Å². The smallest absolute Gasteiger partial charge is 0.245 e. The minimum atomic E-state index is -0.652. The van der Waals surface area contributed by atoms with Crippen LogP contribution in [0, 0.1) is 11.6 Å². The third kappa shape index (κ3) is 2.49. The monoisotopic (exact) mass is 279 g/mol. The molecule has 1 aromatic heterocycles. The van der Waals surface area contributed by atoms with Crippen LogP contribution in [0.2, 0.25) is 0 Å². The van der Waals surface area contributed by atoms with Crippen molar-refractivity contribution in [1.29, 1.82) is 0 Å². The number of aromatic nitrogens is 3. The topological polar surface area (TPSA) is 56.8 Å². The molecule has 2 heterocycles. The van der Waals surface area contributed by atoms with Gasteiger partial charge in [0.15, 0.2) is 5.82 Å². The summed E-state index contributed by atoms with van der Waals surface area (Å²) in [6, 6.07) is 3.75. The highest BCUT2D eigenvalue weighted by Gasteiger charge is 2.20. The van der Waals surface area contributed by atoms with Gasteiger partial charge in [-0.25, -0.2) is 8.78 Å². The Bertz CT molecular complexity index is 613. The Labute approximate surface area is 115 Å². The predicted molar refractivity (Wildman–Crippen MR) is 71.4 cm³/mol. The number of piperazine rings is 1. The average molecular weight is 279 g/mol. The maximum Gasteiger partial charge on any atom is 0.245 e. The van der Waals surface area contributed by atoms with Gasteiger partial charge in [-0.3, -0.25) is 5.10 Å². The van der Waals surface area contributed by atoms with Gasteiger partial charge in [0, 0.05) is 31.7 Å². The van der Waals surface area contributed by atoms with Crippen molar-refractivity contribution in [2.75, 3.05) is 24.5 Å². The van der Waals surface area contributed by atoms with Crippen LogP contribution in [0.3, 0.4) is 0 Å². The lowest BCUT2D eigenvalue weighted by Crippen LogP contribution is -2.49. The number of aromatic amines is 1. The lowest BCUT2D eigenvalue weighted by molar-refractivity contribution is 0.480. The van der Waals surface area contributed by atoms with Gasteiger partial charge in [0.25, 0.3) is 0 Å². The molecule has 0 bridgehead atoms. The van der Waals surface area contributed by atoms with E-state index in [4.69, 9.17) is 0 Å². The Balaban J connectivity index is 1.86. The van der Waals surface area contributed by atoms with Crippen LogP contribution in [0.4, 0.5) is 14.7 Å². The molecule has 0 unspecified atom stereocenters. The van der Waals surface area contributed by atoms with Crippen molar-refractivity contribution in [1.82, 2.24) is 20.5 Å². The fourth-order valence-electron chi connectivity index (χ4n) is 2.31. The molecule has 0 amide bonds. The Morgan fingerprint density at radius 2 is 2.20 bits per heavy atom. The molecule has 0 aliphatic carbocycles. The molecule has 2 aromatic rings. The van der Waals surface area contributed by atoms with E-state index in [0.717, 1.165) is 25.7 Å². The van der Waals surface area contributed by atoms with E-state index >= 15 is 0 Å². The molecule has 3 rings (SSSR count). The summed E-state index contributed by atoms with van der Waals surface area (Å²) in [5, 5.41) is 10.2. The van der Waals surface area contributed by atoms with Crippen LogP contribution in [-0.4, -0.2) is 40.9 Å². The Kier molecular flexibility index (Phi) is 3.35. The molecule has 5 nitrogen and oxygen atoms in total. The number of benzene rings is 1. The maximum absolute atomic E-state index is 13.7. The fourth-order valence-corrected chi connectivity index (χ4v) is 2.31. The van der Waals surface area contributed by atoms with E-state index in [0.29, 0.717) is 17.8 Å². The van der Waals surface area contributed by atoms with Crippen molar-refractivity contribution in [3.05, 3.63) is 29.8 Å². The van der Waals surface area contributed by atoms with Crippen molar-refractivity contribution < 1.29 is 8.78 Å². The van der Waals surface area contributed by atoms with E-state index in [1.165, 1.54) is 12.1 Å². The Morgan fingerprint density at radius 3 is 2.95 bits per heavy atom. The molecular formula is C13H15F2N5. The van der Waals surface area contributed by atoms with Crippen LogP contribution in [0.25, 0.3) is 11.4 Å². The zero-order valence-electron chi connectivity index (χ0n) is 11.0. The van der Waals surface area contributed by atoms with Crippen LogP contribution in [0.5, 0.6) is 0 Å². The Morgan fingerprint density at radius 1 is 1.35 bits per heavy atom. The predicted octanol–water partition coefficient (Wildman–Crippen LogP) is 1.55. The molecule has 1 atom stereocenters. The van der Waals surface area contributed by atoms with Crippen molar-refractivity contribution in [2.24, 2.45) is 0 Å². The summed E-state index contributed by atoms with van der Waals surface area (Å²) in [4.78, 5) is 6.33. The molecule has 1 saturated heterocycles. The van der Waals surface area contributed by atoms with Gasteiger partial charge in [-0.1, -0.05) is 0 Å². The maximum atomic E-state index is 13.7. The first-order chi connectivity index (χ1) is 9.63. The molecule has 106 valence electrons. The third-order valence-corrected chi connectivity index (χ3v) is 3.31. The van der Waals surface area contributed by atoms with Gasteiger partial charge in [0.05, 0.1) is 5.56 Å². The number of halogens is 2. The highest BCUT2D eigenvalue weighted by atomic mass is 19.1. The van der Waals surface area contributed by atoms with Crippen molar-refractivity contribution in [2.45, 2.75) is 13.0 Å². The standard InChI is InChI=1S/C13H15F2N5/c1-8-7-20(5-4-16-8)13-17-12(18-19-13)10-3-2-9(14)6-11(10)15/h2-3,6,8,16H,4-5,7H2,1H3,(H,17,18,19)/t8-/m1/s1. The molecule has 1 aliphatic rings. The van der Waals surface area contributed by atoms with Crippen molar-refractivity contribution >= 4 is 5.95 Å². The van der Waals surface area contributed by atoms with E-state index in [9.17, 15) is 8.78 Å². The summed E-state index contributed by atoms with van der Waals surface area (Å²) in [5.74, 6) is -0.413. The third-order valence-electron chi connectivity index (χ3n) is 3.31. The first-order valence-electron chi connectivity index (χ1n) is 6.49. The molecule has 0 saturated carbocycles. The van der Waals surface area contributed by atoms with E-state index < -0.39 is 11.6 Å². The number of nitrogens with zero attached hydrogens (tertiary/aromatic N) is 3. The highest BCUT2D eigenvalue weighted by Crippen LogP contribution is 2.22. The molecule has 20 heavy (non-hydrogen) atoms. The van der Waals surface area contributed by atoms with Crippen LogP contribution < -0.4 is 10.2 Å². The second-order valence-electron chi connectivity index (χ2n) is 4.91. The largest absolute Gasteiger partial charge is 0.337 e. The molecule has 1 fully saturated rings. The average Bonchev–Trinajstić information content (AvgIpc) is 2.88.